The third kappa shape index (κ3) is 3.89. The Morgan fingerprint density at radius 1 is 0.857 bits per heavy atom. The minimum atomic E-state index is 0.0860. The van der Waals surface area contributed by atoms with Gasteiger partial charge in [0.2, 0.25) is 0 Å². The first-order valence-corrected chi connectivity index (χ1v) is 10.7. The van der Waals surface area contributed by atoms with Gasteiger partial charge in [-0.05, 0) is 54.3 Å². The zero-order valence-electron chi connectivity index (χ0n) is 13.7. The van der Waals surface area contributed by atoms with Gasteiger partial charge in [-0.25, -0.2) is 0 Å². The van der Waals surface area contributed by atoms with Gasteiger partial charge >= 0.3 is 0 Å². The summed E-state index contributed by atoms with van der Waals surface area (Å²) in [5.41, 5.74) is 3.61. The van der Waals surface area contributed by atoms with Crippen molar-refractivity contribution in [3.8, 4) is 0 Å². The van der Waals surface area contributed by atoms with E-state index in [1.54, 1.807) is 10.9 Å². The average Bonchev–Trinajstić information content (AvgIpc) is 2.57. The maximum atomic E-state index is 2.56. The van der Waals surface area contributed by atoms with E-state index in [0.29, 0.717) is 0 Å². The highest BCUT2D eigenvalue weighted by atomic mass is 31.1. The molecule has 0 saturated heterocycles. The summed E-state index contributed by atoms with van der Waals surface area (Å²) < 4.78 is 0. The molecule has 0 amide bonds. The lowest BCUT2D eigenvalue weighted by atomic mass is 9.99. The van der Waals surface area contributed by atoms with Gasteiger partial charge in [-0.3, -0.25) is 0 Å². The lowest BCUT2D eigenvalue weighted by Crippen LogP contribution is -2.26. The van der Waals surface area contributed by atoms with Crippen molar-refractivity contribution in [3.63, 3.8) is 0 Å². The second-order valence-corrected chi connectivity index (χ2v) is 9.81. The molecule has 1 aromatic rings. The van der Waals surface area contributed by atoms with Crippen LogP contribution in [-0.4, -0.2) is 11.3 Å². The Morgan fingerprint density at radius 2 is 1.43 bits per heavy atom. The van der Waals surface area contributed by atoms with Crippen molar-refractivity contribution >= 4 is 13.2 Å². The van der Waals surface area contributed by atoms with Gasteiger partial charge in [0, 0.05) is 0 Å². The highest BCUT2D eigenvalue weighted by Gasteiger charge is 2.32. The zero-order valence-corrected chi connectivity index (χ0v) is 14.6. The quantitative estimate of drug-likeness (QED) is 0.596. The molecule has 2 aliphatic carbocycles. The fraction of sp³-hybridized carbons (Fsp3) is 0.700. The predicted molar refractivity (Wildman–Crippen MR) is 96.1 cm³/mol. The smallest absolute Gasteiger partial charge is 0.0166 e. The number of aryl methyl sites for hydroxylation is 1. The number of hydrogen-bond acceptors (Lipinski definition) is 0. The molecule has 0 atom stereocenters. The maximum absolute atomic E-state index is 2.56. The van der Waals surface area contributed by atoms with Crippen molar-refractivity contribution in [2.24, 2.45) is 0 Å². The summed E-state index contributed by atoms with van der Waals surface area (Å²) in [5.74, 6) is 0. The third-order valence-corrected chi connectivity index (χ3v) is 9.03. The van der Waals surface area contributed by atoms with Gasteiger partial charge < -0.3 is 0 Å². The van der Waals surface area contributed by atoms with Gasteiger partial charge in [0.15, 0.2) is 0 Å². The minimum Gasteiger partial charge on any atom is -0.0690 e. The molecule has 2 saturated carbocycles. The molecule has 0 spiro atoms. The Kier molecular flexibility index (Phi) is 5.75. The molecule has 0 heterocycles. The van der Waals surface area contributed by atoms with Gasteiger partial charge in [-0.2, -0.15) is 0 Å². The fourth-order valence-electron chi connectivity index (χ4n) is 4.38. The molecule has 0 N–H and O–H groups in total. The van der Waals surface area contributed by atoms with Gasteiger partial charge in [0.1, 0.15) is 0 Å². The lowest BCUT2D eigenvalue weighted by Gasteiger charge is -2.39. The van der Waals surface area contributed by atoms with Gasteiger partial charge in [-0.15, -0.1) is 0 Å². The fourth-order valence-corrected chi connectivity index (χ4v) is 8.23. The molecule has 1 aromatic carbocycles. The largest absolute Gasteiger partial charge is 0.0690 e. The first-order chi connectivity index (χ1) is 10.4. The summed E-state index contributed by atoms with van der Waals surface area (Å²) >= 11 is 0. The molecule has 1 heteroatoms. The Labute approximate surface area is 132 Å². The normalized spacial score (nSPS) is 21.8. The maximum Gasteiger partial charge on any atom is -0.0166 e. The molecule has 0 aliphatic heterocycles. The number of rotatable bonds is 4. The Bertz CT molecular complexity index is 409. The summed E-state index contributed by atoms with van der Waals surface area (Å²) in [7, 11) is 0.0860. The third-order valence-electron chi connectivity index (χ3n) is 5.55. The standard InChI is InChI=1S/C20H31P/c1-2-17-10-9-15-20(16-17)21(18-11-5-3-6-12-18)19-13-7-4-8-14-19/h9-10,15-16,18-19H,2-8,11-14H2,1H3. The first-order valence-electron chi connectivity index (χ1n) is 9.26. The van der Waals surface area contributed by atoms with E-state index in [2.05, 4.69) is 31.2 Å². The summed E-state index contributed by atoms with van der Waals surface area (Å²) in [6, 6.07) is 9.68. The molecular formula is C20H31P. The molecule has 0 aromatic heterocycles. The van der Waals surface area contributed by atoms with E-state index in [-0.39, 0.29) is 7.92 Å². The van der Waals surface area contributed by atoms with Crippen LogP contribution in [0.25, 0.3) is 0 Å². The van der Waals surface area contributed by atoms with Gasteiger partial charge in [-0.1, -0.05) is 77.6 Å². The summed E-state index contributed by atoms with van der Waals surface area (Å²) in [4.78, 5) is 0. The number of benzene rings is 1. The van der Waals surface area contributed by atoms with E-state index in [1.165, 1.54) is 70.6 Å². The van der Waals surface area contributed by atoms with E-state index in [1.807, 2.05) is 0 Å². The van der Waals surface area contributed by atoms with Crippen molar-refractivity contribution in [2.45, 2.75) is 88.9 Å². The van der Waals surface area contributed by atoms with Gasteiger partial charge in [0.25, 0.3) is 0 Å². The van der Waals surface area contributed by atoms with Crippen LogP contribution in [0.4, 0.5) is 0 Å². The highest BCUT2D eigenvalue weighted by Crippen LogP contribution is 2.54. The second kappa shape index (κ2) is 7.77. The van der Waals surface area contributed by atoms with Crippen molar-refractivity contribution in [3.05, 3.63) is 29.8 Å². The molecule has 2 aliphatic rings. The molecule has 0 nitrogen and oxygen atoms in total. The predicted octanol–water partition coefficient (Wildman–Crippen LogP) is 6.02. The van der Waals surface area contributed by atoms with Crippen molar-refractivity contribution in [2.75, 3.05) is 0 Å². The van der Waals surface area contributed by atoms with E-state index in [0.717, 1.165) is 11.3 Å². The Hall–Kier alpha value is -0.350. The van der Waals surface area contributed by atoms with Crippen LogP contribution in [0.5, 0.6) is 0 Å². The summed E-state index contributed by atoms with van der Waals surface area (Å²) in [5, 5.41) is 1.74. The Morgan fingerprint density at radius 3 is 1.95 bits per heavy atom. The van der Waals surface area contributed by atoms with E-state index < -0.39 is 0 Å². The molecule has 116 valence electrons. The van der Waals surface area contributed by atoms with E-state index in [9.17, 15) is 0 Å². The average molecular weight is 302 g/mol. The first kappa shape index (κ1) is 15.5. The van der Waals surface area contributed by atoms with E-state index >= 15 is 0 Å². The lowest BCUT2D eigenvalue weighted by molar-refractivity contribution is 0.487. The van der Waals surface area contributed by atoms with Crippen LogP contribution in [0.2, 0.25) is 0 Å². The monoisotopic (exact) mass is 302 g/mol. The van der Waals surface area contributed by atoms with Crippen molar-refractivity contribution < 1.29 is 0 Å². The topological polar surface area (TPSA) is 0 Å². The summed E-state index contributed by atoms with van der Waals surface area (Å²) in [6.07, 6.45) is 16.2. The molecule has 21 heavy (non-hydrogen) atoms. The second-order valence-electron chi connectivity index (χ2n) is 7.01. The van der Waals surface area contributed by atoms with Crippen LogP contribution in [0, 0.1) is 0 Å². The zero-order chi connectivity index (χ0) is 14.5. The van der Waals surface area contributed by atoms with Crippen LogP contribution in [-0.2, 0) is 6.42 Å². The highest BCUT2D eigenvalue weighted by molar-refractivity contribution is 7.67. The van der Waals surface area contributed by atoms with Crippen LogP contribution < -0.4 is 5.30 Å². The molecule has 3 rings (SSSR count). The molecule has 2 fully saturated rings. The van der Waals surface area contributed by atoms with Gasteiger partial charge in [0.05, 0.1) is 0 Å². The van der Waals surface area contributed by atoms with Crippen LogP contribution in [0.1, 0.15) is 76.7 Å². The van der Waals surface area contributed by atoms with E-state index in [4.69, 9.17) is 0 Å². The SMILES string of the molecule is CCc1cccc(P(C2CCCCC2)C2CCCCC2)c1. The Balaban J connectivity index is 1.85. The summed E-state index contributed by atoms with van der Waals surface area (Å²) in [6.45, 7) is 2.29. The van der Waals surface area contributed by atoms with Crippen molar-refractivity contribution in [1.29, 1.82) is 0 Å². The van der Waals surface area contributed by atoms with Crippen molar-refractivity contribution in [1.82, 2.24) is 0 Å². The molecule has 0 radical (unpaired) electrons. The molecule has 0 bridgehead atoms. The van der Waals surface area contributed by atoms with Crippen LogP contribution >= 0.6 is 7.92 Å². The van der Waals surface area contributed by atoms with Crippen LogP contribution in [0.15, 0.2) is 24.3 Å². The van der Waals surface area contributed by atoms with Crippen LogP contribution in [0.3, 0.4) is 0 Å². The molecule has 0 unspecified atom stereocenters. The number of hydrogen-bond donors (Lipinski definition) is 0. The minimum absolute atomic E-state index is 0.0860. The molecular weight excluding hydrogens is 271 g/mol.